The van der Waals surface area contributed by atoms with Crippen LogP contribution in [0.3, 0.4) is 0 Å². The summed E-state index contributed by atoms with van der Waals surface area (Å²) in [6.45, 7) is 5.44. The van der Waals surface area contributed by atoms with Crippen molar-refractivity contribution < 1.29 is 4.79 Å². The van der Waals surface area contributed by atoms with Crippen molar-refractivity contribution in [2.45, 2.75) is 18.9 Å². The van der Waals surface area contributed by atoms with Gasteiger partial charge in [0.1, 0.15) is 0 Å². The highest BCUT2D eigenvalue weighted by atomic mass is 16.2. The molecule has 21 heavy (non-hydrogen) atoms. The van der Waals surface area contributed by atoms with Crippen LogP contribution in [0, 0.1) is 0 Å². The molecule has 1 atom stereocenters. The van der Waals surface area contributed by atoms with E-state index in [1.165, 1.54) is 18.4 Å². The van der Waals surface area contributed by atoms with Gasteiger partial charge in [-0.1, -0.05) is 30.3 Å². The van der Waals surface area contributed by atoms with Gasteiger partial charge in [0.25, 0.3) is 0 Å². The van der Waals surface area contributed by atoms with Gasteiger partial charge in [0, 0.05) is 38.8 Å². The second-order valence-corrected chi connectivity index (χ2v) is 6.23. The van der Waals surface area contributed by atoms with Gasteiger partial charge in [-0.05, 0) is 25.5 Å². The molecule has 2 aliphatic heterocycles. The van der Waals surface area contributed by atoms with Crippen molar-refractivity contribution in [3.63, 3.8) is 0 Å². The number of hydrogen-bond acceptors (Lipinski definition) is 3. The lowest BCUT2D eigenvalue weighted by atomic mass is 10.0. The molecule has 114 valence electrons. The van der Waals surface area contributed by atoms with Crippen LogP contribution in [0.2, 0.25) is 0 Å². The molecule has 0 aromatic heterocycles. The van der Waals surface area contributed by atoms with Crippen molar-refractivity contribution in [3.05, 3.63) is 35.9 Å². The van der Waals surface area contributed by atoms with E-state index in [2.05, 4.69) is 47.2 Å². The SMILES string of the molecule is CN1CCN(CC(=O)N2CCCC2)C[C@H]1c1ccccc1. The van der Waals surface area contributed by atoms with Crippen molar-refractivity contribution in [2.24, 2.45) is 0 Å². The fraction of sp³-hybridized carbons (Fsp3) is 0.588. The molecule has 0 saturated carbocycles. The molecule has 2 aliphatic rings. The van der Waals surface area contributed by atoms with Gasteiger partial charge in [0.15, 0.2) is 0 Å². The van der Waals surface area contributed by atoms with Crippen LogP contribution in [0.1, 0.15) is 24.4 Å². The molecule has 2 fully saturated rings. The zero-order valence-electron chi connectivity index (χ0n) is 12.9. The third-order valence-corrected chi connectivity index (χ3v) is 4.73. The van der Waals surface area contributed by atoms with E-state index in [4.69, 9.17) is 0 Å². The minimum absolute atomic E-state index is 0.309. The predicted octanol–water partition coefficient (Wildman–Crippen LogP) is 1.60. The topological polar surface area (TPSA) is 26.8 Å². The fourth-order valence-corrected chi connectivity index (χ4v) is 3.37. The van der Waals surface area contributed by atoms with E-state index in [9.17, 15) is 4.79 Å². The van der Waals surface area contributed by atoms with E-state index < -0.39 is 0 Å². The van der Waals surface area contributed by atoms with Crippen LogP contribution in [0.4, 0.5) is 0 Å². The van der Waals surface area contributed by atoms with Gasteiger partial charge in [0.05, 0.1) is 6.54 Å². The largest absolute Gasteiger partial charge is 0.342 e. The monoisotopic (exact) mass is 287 g/mol. The molecule has 1 aromatic rings. The second-order valence-electron chi connectivity index (χ2n) is 6.23. The third-order valence-electron chi connectivity index (χ3n) is 4.73. The van der Waals surface area contributed by atoms with Crippen LogP contribution in [0.15, 0.2) is 30.3 Å². The molecule has 1 aromatic carbocycles. The number of amides is 1. The summed E-state index contributed by atoms with van der Waals surface area (Å²) in [5.74, 6) is 0.309. The molecule has 1 amide bonds. The number of nitrogens with zero attached hydrogens (tertiary/aromatic N) is 3. The number of hydrogen-bond donors (Lipinski definition) is 0. The van der Waals surface area contributed by atoms with Gasteiger partial charge in [-0.3, -0.25) is 14.6 Å². The summed E-state index contributed by atoms with van der Waals surface area (Å²) in [7, 11) is 2.18. The molecule has 0 unspecified atom stereocenters. The predicted molar refractivity (Wildman–Crippen MR) is 84.1 cm³/mol. The maximum absolute atomic E-state index is 12.3. The average Bonchev–Trinajstić information content (AvgIpc) is 3.04. The summed E-state index contributed by atoms with van der Waals surface area (Å²) in [5.41, 5.74) is 1.35. The number of likely N-dealkylation sites (tertiary alicyclic amines) is 1. The lowest BCUT2D eigenvalue weighted by Crippen LogP contribution is -2.50. The maximum Gasteiger partial charge on any atom is 0.236 e. The second kappa shape index (κ2) is 6.58. The first-order valence-corrected chi connectivity index (χ1v) is 7.99. The van der Waals surface area contributed by atoms with Gasteiger partial charge >= 0.3 is 0 Å². The van der Waals surface area contributed by atoms with E-state index in [1.54, 1.807) is 0 Å². The van der Waals surface area contributed by atoms with Crippen molar-refractivity contribution >= 4 is 5.91 Å². The van der Waals surface area contributed by atoms with Crippen LogP contribution in [-0.2, 0) is 4.79 Å². The molecule has 0 radical (unpaired) electrons. The molecular weight excluding hydrogens is 262 g/mol. The van der Waals surface area contributed by atoms with E-state index >= 15 is 0 Å². The van der Waals surface area contributed by atoms with Crippen molar-refractivity contribution in [2.75, 3.05) is 46.3 Å². The van der Waals surface area contributed by atoms with E-state index in [0.717, 1.165) is 32.7 Å². The highest BCUT2D eigenvalue weighted by molar-refractivity contribution is 5.78. The fourth-order valence-electron chi connectivity index (χ4n) is 3.37. The first kappa shape index (κ1) is 14.5. The Morgan fingerprint density at radius 1 is 1.10 bits per heavy atom. The summed E-state index contributed by atoms with van der Waals surface area (Å²) >= 11 is 0. The Kier molecular flexibility index (Phi) is 4.56. The molecule has 0 bridgehead atoms. The number of benzene rings is 1. The molecule has 0 N–H and O–H groups in total. The molecule has 2 saturated heterocycles. The third kappa shape index (κ3) is 3.44. The minimum atomic E-state index is 0.309. The van der Waals surface area contributed by atoms with Crippen molar-refractivity contribution in [1.82, 2.24) is 14.7 Å². The first-order chi connectivity index (χ1) is 10.2. The van der Waals surface area contributed by atoms with Gasteiger partial charge in [-0.15, -0.1) is 0 Å². The number of carbonyl (C=O) groups excluding carboxylic acids is 1. The number of rotatable bonds is 3. The Morgan fingerprint density at radius 2 is 1.81 bits per heavy atom. The average molecular weight is 287 g/mol. The molecule has 3 rings (SSSR count). The van der Waals surface area contributed by atoms with E-state index in [1.807, 2.05) is 4.90 Å². The summed E-state index contributed by atoms with van der Waals surface area (Å²) < 4.78 is 0. The number of carbonyl (C=O) groups is 1. The summed E-state index contributed by atoms with van der Waals surface area (Å²) in [4.78, 5) is 19.0. The molecule has 0 spiro atoms. The van der Waals surface area contributed by atoms with Gasteiger partial charge in [0.2, 0.25) is 5.91 Å². The van der Waals surface area contributed by atoms with E-state index in [0.29, 0.717) is 18.5 Å². The molecule has 2 heterocycles. The van der Waals surface area contributed by atoms with Gasteiger partial charge in [-0.25, -0.2) is 0 Å². The lowest BCUT2D eigenvalue weighted by molar-refractivity contribution is -0.132. The summed E-state index contributed by atoms with van der Waals surface area (Å²) in [5, 5.41) is 0. The molecule has 0 aliphatic carbocycles. The van der Waals surface area contributed by atoms with Crippen molar-refractivity contribution in [1.29, 1.82) is 0 Å². The normalized spacial score (nSPS) is 24.4. The van der Waals surface area contributed by atoms with Crippen LogP contribution in [0.25, 0.3) is 0 Å². The minimum Gasteiger partial charge on any atom is -0.342 e. The van der Waals surface area contributed by atoms with Crippen LogP contribution < -0.4 is 0 Å². The maximum atomic E-state index is 12.3. The summed E-state index contributed by atoms with van der Waals surface area (Å²) in [6.07, 6.45) is 2.34. The lowest BCUT2D eigenvalue weighted by Gasteiger charge is -2.39. The van der Waals surface area contributed by atoms with Crippen LogP contribution in [-0.4, -0.2) is 66.9 Å². The quantitative estimate of drug-likeness (QED) is 0.845. The Morgan fingerprint density at radius 3 is 2.52 bits per heavy atom. The Balaban J connectivity index is 1.61. The van der Waals surface area contributed by atoms with Crippen LogP contribution in [0.5, 0.6) is 0 Å². The molecular formula is C17H25N3O. The number of likely N-dealkylation sites (N-methyl/N-ethyl adjacent to an activating group) is 1. The highest BCUT2D eigenvalue weighted by Crippen LogP contribution is 2.23. The smallest absolute Gasteiger partial charge is 0.236 e. The van der Waals surface area contributed by atoms with Gasteiger partial charge < -0.3 is 4.90 Å². The highest BCUT2D eigenvalue weighted by Gasteiger charge is 2.28. The standard InChI is InChI=1S/C17H25N3O/c1-18-11-12-19(14-17(21)20-9-5-6-10-20)13-16(18)15-7-3-2-4-8-15/h2-4,7-8,16H,5-6,9-14H2,1H3/t16-/m0/s1. The number of piperazine rings is 1. The zero-order chi connectivity index (χ0) is 14.7. The Labute approximate surface area is 127 Å². The summed E-state index contributed by atoms with van der Waals surface area (Å²) in [6, 6.07) is 11.0. The first-order valence-electron chi connectivity index (χ1n) is 7.99. The Bertz CT molecular complexity index is 470. The van der Waals surface area contributed by atoms with Crippen molar-refractivity contribution in [3.8, 4) is 0 Å². The zero-order valence-corrected chi connectivity index (χ0v) is 12.9. The van der Waals surface area contributed by atoms with Crippen LogP contribution >= 0.6 is 0 Å². The molecule has 4 heteroatoms. The van der Waals surface area contributed by atoms with Gasteiger partial charge in [-0.2, -0.15) is 0 Å². The van der Waals surface area contributed by atoms with E-state index in [-0.39, 0.29) is 0 Å². The Hall–Kier alpha value is -1.39. The molecule has 4 nitrogen and oxygen atoms in total.